The van der Waals surface area contributed by atoms with E-state index in [0.717, 1.165) is 32.1 Å². The molecular weight excluding hydrogens is 234 g/mol. The molecule has 0 aromatic heterocycles. The molecule has 4 aliphatic rings. The van der Waals surface area contributed by atoms with Crippen molar-refractivity contribution in [2.75, 3.05) is 0 Å². The van der Waals surface area contributed by atoms with E-state index >= 15 is 0 Å². The molecule has 0 heterocycles. The first kappa shape index (κ1) is 11.8. The highest BCUT2D eigenvalue weighted by atomic mass is 16.4. The fourth-order valence-corrected chi connectivity index (χ4v) is 5.09. The van der Waals surface area contributed by atoms with Crippen molar-refractivity contribution in [2.24, 2.45) is 22.4 Å². The number of nitrogens with zero attached hydrogens (tertiary/aromatic N) is 3. The van der Waals surface area contributed by atoms with Gasteiger partial charge >= 0.3 is 5.97 Å². The number of azide groups is 1. The molecule has 3 atom stereocenters. The third-order valence-corrected chi connectivity index (χ3v) is 5.06. The van der Waals surface area contributed by atoms with E-state index in [9.17, 15) is 15.0 Å². The van der Waals surface area contributed by atoms with Crippen molar-refractivity contribution in [3.63, 3.8) is 0 Å². The summed E-state index contributed by atoms with van der Waals surface area (Å²) in [6.45, 7) is 0. The van der Waals surface area contributed by atoms with E-state index in [1.807, 2.05) is 0 Å². The van der Waals surface area contributed by atoms with Gasteiger partial charge in [0.05, 0.1) is 5.60 Å². The van der Waals surface area contributed by atoms with Crippen LogP contribution in [0.2, 0.25) is 0 Å². The highest BCUT2D eigenvalue weighted by Gasteiger charge is 2.60. The Bertz CT molecular complexity index is 428. The van der Waals surface area contributed by atoms with Crippen molar-refractivity contribution in [3.05, 3.63) is 10.4 Å². The van der Waals surface area contributed by atoms with E-state index in [2.05, 4.69) is 10.0 Å². The summed E-state index contributed by atoms with van der Waals surface area (Å²) in [7, 11) is 0. The number of hydrogen-bond donors (Lipinski definition) is 2. The molecule has 4 bridgehead atoms. The molecule has 6 nitrogen and oxygen atoms in total. The quantitative estimate of drug-likeness (QED) is 0.455. The smallest absolute Gasteiger partial charge is 0.313 e. The molecule has 0 spiro atoms. The highest BCUT2D eigenvalue weighted by Crippen LogP contribution is 2.63. The third kappa shape index (κ3) is 1.60. The number of aliphatic carboxylic acids is 1. The third-order valence-electron chi connectivity index (χ3n) is 5.06. The first-order chi connectivity index (χ1) is 8.46. The Kier molecular flexibility index (Phi) is 2.37. The summed E-state index contributed by atoms with van der Waals surface area (Å²) in [4.78, 5) is 14.1. The second-order valence-electron chi connectivity index (χ2n) is 6.49. The van der Waals surface area contributed by atoms with E-state index in [1.54, 1.807) is 0 Å². The maximum atomic E-state index is 11.4. The summed E-state index contributed by atoms with van der Waals surface area (Å²) in [6, 6.07) is -1.03. The molecule has 0 aromatic rings. The Hall–Kier alpha value is -1.26. The normalized spacial score (nSPS) is 46.5. The van der Waals surface area contributed by atoms with Gasteiger partial charge in [0.25, 0.3) is 0 Å². The molecule has 98 valence electrons. The predicted octanol–water partition coefficient (Wildman–Crippen LogP) is 2.08. The molecule has 4 rings (SSSR count). The summed E-state index contributed by atoms with van der Waals surface area (Å²) in [5, 5.41) is 23.4. The second-order valence-corrected chi connectivity index (χ2v) is 6.49. The first-order valence-corrected chi connectivity index (χ1v) is 6.46. The molecule has 0 aliphatic heterocycles. The van der Waals surface area contributed by atoms with Gasteiger partial charge in [0, 0.05) is 4.91 Å². The van der Waals surface area contributed by atoms with Crippen LogP contribution in [0.3, 0.4) is 0 Å². The zero-order chi connectivity index (χ0) is 13.0. The van der Waals surface area contributed by atoms with Crippen LogP contribution < -0.4 is 0 Å². The largest absolute Gasteiger partial charge is 0.481 e. The number of carboxylic acids is 1. The van der Waals surface area contributed by atoms with Crippen LogP contribution in [-0.2, 0) is 4.79 Å². The molecule has 4 fully saturated rings. The molecule has 0 saturated heterocycles. The summed E-state index contributed by atoms with van der Waals surface area (Å²) < 4.78 is 0. The van der Waals surface area contributed by atoms with Gasteiger partial charge in [-0.15, -0.1) is 0 Å². The Balaban J connectivity index is 1.99. The summed E-state index contributed by atoms with van der Waals surface area (Å²) in [5.41, 5.74) is 7.35. The van der Waals surface area contributed by atoms with Crippen LogP contribution in [0.5, 0.6) is 0 Å². The van der Waals surface area contributed by atoms with Crippen LogP contribution in [-0.4, -0.2) is 27.8 Å². The molecule has 6 heteroatoms. The van der Waals surface area contributed by atoms with E-state index in [1.165, 1.54) is 0 Å². The van der Waals surface area contributed by atoms with Crippen LogP contribution in [0.25, 0.3) is 10.4 Å². The zero-order valence-corrected chi connectivity index (χ0v) is 10.1. The number of carboxylic acid groups (broad SMARTS) is 1. The van der Waals surface area contributed by atoms with Crippen molar-refractivity contribution in [1.82, 2.24) is 0 Å². The van der Waals surface area contributed by atoms with Crippen LogP contribution in [0, 0.1) is 17.3 Å². The number of hydrogen-bond acceptors (Lipinski definition) is 3. The molecule has 3 unspecified atom stereocenters. The summed E-state index contributed by atoms with van der Waals surface area (Å²) in [6.07, 6.45) is 4.70. The van der Waals surface area contributed by atoms with Crippen LogP contribution in [0.15, 0.2) is 5.11 Å². The van der Waals surface area contributed by atoms with Crippen LogP contribution >= 0.6 is 0 Å². The molecular formula is C12H17N3O3. The molecule has 0 aromatic carbocycles. The van der Waals surface area contributed by atoms with Gasteiger partial charge in [0.2, 0.25) is 0 Å². The van der Waals surface area contributed by atoms with Gasteiger partial charge in [0.1, 0.15) is 6.04 Å². The van der Waals surface area contributed by atoms with E-state index in [0.29, 0.717) is 18.3 Å². The fourth-order valence-electron chi connectivity index (χ4n) is 5.09. The molecule has 18 heavy (non-hydrogen) atoms. The second kappa shape index (κ2) is 3.62. The SMILES string of the molecule is [N-]=[N+]=NC(C(=O)O)C12CC3CC(CC(O)(C3)C1)C2. The molecule has 0 radical (unpaired) electrons. The molecule has 0 amide bonds. The Labute approximate surface area is 105 Å². The maximum absolute atomic E-state index is 11.4. The fraction of sp³-hybridized carbons (Fsp3) is 0.917. The standard InChI is InChI=1S/C12H17N3O3/c13-15-14-9(10(16)17)11-2-7-1-8(3-11)5-12(18,4-7)6-11/h7-9,18H,1-6H2,(H,16,17). The highest BCUT2D eigenvalue weighted by molar-refractivity contribution is 5.75. The van der Waals surface area contributed by atoms with Crippen molar-refractivity contribution in [1.29, 1.82) is 0 Å². The Morgan fingerprint density at radius 2 is 1.94 bits per heavy atom. The lowest BCUT2D eigenvalue weighted by atomic mass is 9.46. The van der Waals surface area contributed by atoms with Crippen molar-refractivity contribution >= 4 is 5.97 Å². The van der Waals surface area contributed by atoms with Crippen molar-refractivity contribution < 1.29 is 15.0 Å². The van der Waals surface area contributed by atoms with Gasteiger partial charge in [-0.05, 0) is 61.3 Å². The van der Waals surface area contributed by atoms with Gasteiger partial charge in [0.15, 0.2) is 0 Å². The summed E-state index contributed by atoms with van der Waals surface area (Å²) in [5.74, 6) is -0.266. The van der Waals surface area contributed by atoms with Crippen LogP contribution in [0.4, 0.5) is 0 Å². The lowest BCUT2D eigenvalue weighted by Gasteiger charge is -2.61. The molecule has 2 N–H and O–H groups in total. The number of aliphatic hydroxyl groups is 1. The average molecular weight is 251 g/mol. The summed E-state index contributed by atoms with van der Waals surface area (Å²) >= 11 is 0. The minimum atomic E-state index is -1.06. The minimum absolute atomic E-state index is 0.395. The first-order valence-electron chi connectivity index (χ1n) is 6.46. The Morgan fingerprint density at radius 3 is 2.39 bits per heavy atom. The van der Waals surface area contributed by atoms with Crippen LogP contribution in [0.1, 0.15) is 38.5 Å². The van der Waals surface area contributed by atoms with E-state index < -0.39 is 23.0 Å². The molecule has 4 saturated carbocycles. The van der Waals surface area contributed by atoms with E-state index in [4.69, 9.17) is 5.53 Å². The topological polar surface area (TPSA) is 106 Å². The number of carbonyl (C=O) groups is 1. The van der Waals surface area contributed by atoms with Gasteiger partial charge in [-0.2, -0.15) is 0 Å². The van der Waals surface area contributed by atoms with E-state index in [-0.39, 0.29) is 0 Å². The maximum Gasteiger partial charge on any atom is 0.313 e. The van der Waals surface area contributed by atoms with Crippen molar-refractivity contribution in [3.8, 4) is 0 Å². The van der Waals surface area contributed by atoms with Gasteiger partial charge < -0.3 is 10.2 Å². The lowest BCUT2D eigenvalue weighted by Crippen LogP contribution is -2.60. The molecule has 4 aliphatic carbocycles. The Morgan fingerprint density at radius 1 is 1.33 bits per heavy atom. The minimum Gasteiger partial charge on any atom is -0.481 e. The predicted molar refractivity (Wildman–Crippen MR) is 62.6 cm³/mol. The van der Waals surface area contributed by atoms with Gasteiger partial charge in [-0.25, -0.2) is 0 Å². The van der Waals surface area contributed by atoms with Gasteiger partial charge in [-0.1, -0.05) is 5.11 Å². The van der Waals surface area contributed by atoms with Gasteiger partial charge in [-0.3, -0.25) is 4.79 Å². The number of rotatable bonds is 3. The monoisotopic (exact) mass is 251 g/mol. The zero-order valence-electron chi connectivity index (χ0n) is 10.1. The lowest BCUT2D eigenvalue weighted by molar-refractivity contribution is -0.179. The average Bonchev–Trinajstić information content (AvgIpc) is 2.21. The van der Waals surface area contributed by atoms with Crippen molar-refractivity contribution in [2.45, 2.75) is 50.2 Å².